The Bertz CT molecular complexity index is 462. The molecule has 0 aliphatic heterocycles. The van der Waals surface area contributed by atoms with Crippen molar-refractivity contribution in [3.63, 3.8) is 0 Å². The monoisotopic (exact) mass is 202 g/mol. The van der Waals surface area contributed by atoms with Crippen LogP contribution in [0.15, 0.2) is 46.9 Å². The molecule has 0 fully saturated rings. The molecule has 0 aliphatic carbocycles. The van der Waals surface area contributed by atoms with E-state index in [9.17, 15) is 4.79 Å². The first-order chi connectivity index (χ1) is 7.25. The Hall–Kier alpha value is -2.23. The second-order valence-electron chi connectivity index (χ2n) is 3.02. The number of para-hydroxylation sites is 1. The number of amides is 1. The quantitative estimate of drug-likeness (QED) is 0.783. The number of benzene rings is 1. The Morgan fingerprint density at radius 3 is 2.47 bits per heavy atom. The van der Waals surface area contributed by atoms with Crippen molar-refractivity contribution >= 4 is 17.5 Å². The third-order valence-corrected chi connectivity index (χ3v) is 1.88. The molecule has 2 aromatic rings. The van der Waals surface area contributed by atoms with Gasteiger partial charge in [-0.2, -0.15) is 0 Å². The third kappa shape index (κ3) is 2.17. The van der Waals surface area contributed by atoms with Crippen molar-refractivity contribution in [2.24, 2.45) is 0 Å². The summed E-state index contributed by atoms with van der Waals surface area (Å²) in [5, 5.41) is 2.68. The molecule has 4 heteroatoms. The number of nitrogens with one attached hydrogen (secondary N) is 1. The summed E-state index contributed by atoms with van der Waals surface area (Å²) in [6, 6.07) is 12.2. The van der Waals surface area contributed by atoms with Crippen LogP contribution in [-0.4, -0.2) is 5.91 Å². The minimum Gasteiger partial charge on any atom is -0.436 e. The van der Waals surface area contributed by atoms with Gasteiger partial charge in [0.05, 0.1) is 0 Å². The van der Waals surface area contributed by atoms with Gasteiger partial charge in [-0.25, -0.2) is 0 Å². The van der Waals surface area contributed by atoms with Crippen molar-refractivity contribution in [3.05, 3.63) is 48.2 Å². The van der Waals surface area contributed by atoms with E-state index in [0.717, 1.165) is 5.69 Å². The van der Waals surface area contributed by atoms with Crippen LogP contribution in [0, 0.1) is 0 Å². The van der Waals surface area contributed by atoms with Crippen LogP contribution in [0.1, 0.15) is 10.6 Å². The molecule has 0 unspecified atom stereocenters. The molecule has 0 aliphatic rings. The van der Waals surface area contributed by atoms with Gasteiger partial charge < -0.3 is 15.5 Å². The minimum atomic E-state index is -0.307. The zero-order valence-electron chi connectivity index (χ0n) is 7.94. The molecule has 1 amide bonds. The number of furan rings is 1. The van der Waals surface area contributed by atoms with Gasteiger partial charge in [0, 0.05) is 11.8 Å². The lowest BCUT2D eigenvalue weighted by molar-refractivity contribution is 0.0997. The minimum absolute atomic E-state index is 0.205. The fraction of sp³-hybridized carbons (Fsp3) is 0. The Balaban J connectivity index is 2.11. The number of rotatable bonds is 2. The topological polar surface area (TPSA) is 68.3 Å². The van der Waals surface area contributed by atoms with E-state index in [4.69, 9.17) is 10.2 Å². The van der Waals surface area contributed by atoms with Gasteiger partial charge in [0.1, 0.15) is 0 Å². The molecule has 0 radical (unpaired) electrons. The Labute approximate surface area is 86.7 Å². The molecule has 76 valence electrons. The van der Waals surface area contributed by atoms with Crippen LogP contribution in [0.3, 0.4) is 0 Å². The van der Waals surface area contributed by atoms with Gasteiger partial charge in [-0.3, -0.25) is 4.79 Å². The van der Waals surface area contributed by atoms with Crippen molar-refractivity contribution in [1.29, 1.82) is 0 Å². The first-order valence-electron chi connectivity index (χ1n) is 4.47. The molecule has 2 rings (SSSR count). The van der Waals surface area contributed by atoms with Crippen LogP contribution < -0.4 is 11.1 Å². The number of anilines is 2. The highest BCUT2D eigenvalue weighted by Gasteiger charge is 2.09. The molecular weight excluding hydrogens is 192 g/mol. The number of nitrogen functional groups attached to an aromatic ring is 1. The van der Waals surface area contributed by atoms with Crippen molar-refractivity contribution in [2.75, 3.05) is 11.1 Å². The second kappa shape index (κ2) is 3.88. The second-order valence-corrected chi connectivity index (χ2v) is 3.02. The van der Waals surface area contributed by atoms with Gasteiger partial charge in [-0.15, -0.1) is 0 Å². The smallest absolute Gasteiger partial charge is 0.291 e. The highest BCUT2D eigenvalue weighted by atomic mass is 16.4. The maximum absolute atomic E-state index is 11.6. The fourth-order valence-corrected chi connectivity index (χ4v) is 1.19. The molecule has 1 aromatic carbocycles. The van der Waals surface area contributed by atoms with Crippen molar-refractivity contribution in [3.8, 4) is 0 Å². The zero-order valence-corrected chi connectivity index (χ0v) is 7.94. The van der Waals surface area contributed by atoms with E-state index in [1.54, 1.807) is 18.2 Å². The lowest BCUT2D eigenvalue weighted by Gasteiger charge is -2.01. The highest BCUT2D eigenvalue weighted by Crippen LogP contribution is 2.12. The Morgan fingerprint density at radius 2 is 1.87 bits per heavy atom. The average Bonchev–Trinajstić information content (AvgIpc) is 2.66. The Morgan fingerprint density at radius 1 is 1.13 bits per heavy atom. The molecule has 1 heterocycles. The van der Waals surface area contributed by atoms with E-state index in [-0.39, 0.29) is 17.6 Å². The third-order valence-electron chi connectivity index (χ3n) is 1.88. The van der Waals surface area contributed by atoms with E-state index in [1.165, 1.54) is 6.07 Å². The summed E-state index contributed by atoms with van der Waals surface area (Å²) in [5.74, 6) is 0.127. The first kappa shape index (κ1) is 9.33. The largest absolute Gasteiger partial charge is 0.436 e. The maximum atomic E-state index is 11.6. The summed E-state index contributed by atoms with van der Waals surface area (Å²) in [6.45, 7) is 0. The molecule has 0 saturated carbocycles. The summed E-state index contributed by atoms with van der Waals surface area (Å²) in [5.41, 5.74) is 6.08. The number of carbonyl (C=O) groups excluding carboxylic acids is 1. The molecule has 0 atom stereocenters. The fourth-order valence-electron chi connectivity index (χ4n) is 1.19. The number of carbonyl (C=O) groups is 1. The molecule has 1 aromatic heterocycles. The van der Waals surface area contributed by atoms with Gasteiger partial charge in [0.2, 0.25) is 0 Å². The summed E-state index contributed by atoms with van der Waals surface area (Å²) in [6.07, 6.45) is 0. The summed E-state index contributed by atoms with van der Waals surface area (Å²) < 4.78 is 4.98. The number of hydrogen-bond donors (Lipinski definition) is 2. The van der Waals surface area contributed by atoms with E-state index in [0.29, 0.717) is 0 Å². The zero-order chi connectivity index (χ0) is 10.7. The van der Waals surface area contributed by atoms with Gasteiger partial charge in [0.25, 0.3) is 5.91 Å². The normalized spacial score (nSPS) is 9.87. The summed E-state index contributed by atoms with van der Waals surface area (Å²) in [7, 11) is 0. The van der Waals surface area contributed by atoms with Gasteiger partial charge in [-0.1, -0.05) is 18.2 Å². The SMILES string of the molecule is Nc1ccc(C(=O)Nc2ccccc2)o1. The molecule has 0 saturated heterocycles. The van der Waals surface area contributed by atoms with Crippen LogP contribution in [0.5, 0.6) is 0 Å². The first-order valence-corrected chi connectivity index (χ1v) is 4.47. The maximum Gasteiger partial charge on any atom is 0.291 e. The number of nitrogens with two attached hydrogens (primary N) is 1. The van der Waals surface area contributed by atoms with E-state index >= 15 is 0 Å². The highest BCUT2D eigenvalue weighted by molar-refractivity contribution is 6.02. The van der Waals surface area contributed by atoms with Crippen molar-refractivity contribution < 1.29 is 9.21 Å². The van der Waals surface area contributed by atoms with Gasteiger partial charge >= 0.3 is 0 Å². The predicted octanol–water partition coefficient (Wildman–Crippen LogP) is 2.11. The molecule has 0 spiro atoms. The standard InChI is InChI=1S/C11H10N2O2/c12-10-7-6-9(15-10)11(14)13-8-4-2-1-3-5-8/h1-7H,12H2,(H,13,14). The van der Waals surface area contributed by atoms with Crippen molar-refractivity contribution in [2.45, 2.75) is 0 Å². The molecule has 4 nitrogen and oxygen atoms in total. The van der Waals surface area contributed by atoms with Crippen molar-refractivity contribution in [1.82, 2.24) is 0 Å². The van der Waals surface area contributed by atoms with Crippen LogP contribution >= 0.6 is 0 Å². The molecule has 15 heavy (non-hydrogen) atoms. The Kier molecular flexibility index (Phi) is 2.41. The van der Waals surface area contributed by atoms with Gasteiger partial charge in [0.15, 0.2) is 11.6 Å². The van der Waals surface area contributed by atoms with E-state index < -0.39 is 0 Å². The van der Waals surface area contributed by atoms with Crippen LogP contribution in [0.2, 0.25) is 0 Å². The van der Waals surface area contributed by atoms with Crippen LogP contribution in [-0.2, 0) is 0 Å². The lowest BCUT2D eigenvalue weighted by atomic mass is 10.3. The molecule has 3 N–H and O–H groups in total. The van der Waals surface area contributed by atoms with E-state index in [1.807, 2.05) is 18.2 Å². The van der Waals surface area contributed by atoms with Gasteiger partial charge in [-0.05, 0) is 18.2 Å². The predicted molar refractivity (Wildman–Crippen MR) is 57.5 cm³/mol. The van der Waals surface area contributed by atoms with E-state index in [2.05, 4.69) is 5.32 Å². The van der Waals surface area contributed by atoms with Crippen LogP contribution in [0.4, 0.5) is 11.6 Å². The number of hydrogen-bond acceptors (Lipinski definition) is 3. The average molecular weight is 202 g/mol. The summed E-state index contributed by atoms with van der Waals surface area (Å²) in [4.78, 5) is 11.6. The molecular formula is C11H10N2O2. The molecule has 0 bridgehead atoms. The lowest BCUT2D eigenvalue weighted by Crippen LogP contribution is -2.10. The van der Waals surface area contributed by atoms with Crippen LogP contribution in [0.25, 0.3) is 0 Å². The summed E-state index contributed by atoms with van der Waals surface area (Å²) >= 11 is 0.